The fraction of sp³-hybridized carbons (Fsp3) is 0.231. The number of aliphatic hydroxyl groups excluding tert-OH is 1. The highest BCUT2D eigenvalue weighted by Crippen LogP contribution is 2.13. The SMILES string of the molecule is OC(Cc1ccc(Cl)cc1)Cc1ccco1. The Balaban J connectivity index is 1.92. The highest BCUT2D eigenvalue weighted by molar-refractivity contribution is 6.30. The largest absolute Gasteiger partial charge is 0.469 e. The van der Waals surface area contributed by atoms with Crippen LogP contribution in [0, 0.1) is 0 Å². The van der Waals surface area contributed by atoms with E-state index in [1.807, 2.05) is 36.4 Å². The standard InChI is InChI=1S/C13H13ClO2/c14-11-5-3-10(4-6-11)8-12(15)9-13-2-1-7-16-13/h1-7,12,15H,8-9H2. The molecule has 0 aliphatic heterocycles. The van der Waals surface area contributed by atoms with E-state index in [0.717, 1.165) is 11.3 Å². The van der Waals surface area contributed by atoms with Gasteiger partial charge in [0.05, 0.1) is 12.4 Å². The molecule has 0 aliphatic carbocycles. The lowest BCUT2D eigenvalue weighted by molar-refractivity contribution is 0.168. The molecule has 16 heavy (non-hydrogen) atoms. The molecule has 1 heterocycles. The van der Waals surface area contributed by atoms with Gasteiger partial charge in [0, 0.05) is 11.4 Å². The van der Waals surface area contributed by atoms with E-state index in [-0.39, 0.29) is 0 Å². The Kier molecular flexibility index (Phi) is 3.65. The van der Waals surface area contributed by atoms with E-state index in [0.29, 0.717) is 17.9 Å². The average molecular weight is 237 g/mol. The van der Waals surface area contributed by atoms with Gasteiger partial charge in [0.2, 0.25) is 0 Å². The number of furan rings is 1. The van der Waals surface area contributed by atoms with E-state index in [1.165, 1.54) is 0 Å². The average Bonchev–Trinajstić information content (AvgIpc) is 2.74. The molecule has 0 fully saturated rings. The third-order valence-corrected chi connectivity index (χ3v) is 2.65. The van der Waals surface area contributed by atoms with E-state index >= 15 is 0 Å². The Morgan fingerprint density at radius 2 is 1.88 bits per heavy atom. The summed E-state index contributed by atoms with van der Waals surface area (Å²) in [6.45, 7) is 0. The predicted octanol–water partition coefficient (Wildman–Crippen LogP) is 3.08. The van der Waals surface area contributed by atoms with Crippen molar-refractivity contribution in [1.29, 1.82) is 0 Å². The van der Waals surface area contributed by atoms with Crippen molar-refractivity contribution >= 4 is 11.6 Å². The molecule has 0 amide bonds. The molecule has 1 atom stereocenters. The van der Waals surface area contributed by atoms with Crippen LogP contribution < -0.4 is 0 Å². The van der Waals surface area contributed by atoms with Crippen molar-refractivity contribution in [3.8, 4) is 0 Å². The monoisotopic (exact) mass is 236 g/mol. The Labute approximate surface area is 99.5 Å². The van der Waals surface area contributed by atoms with E-state index in [2.05, 4.69) is 0 Å². The first-order valence-electron chi connectivity index (χ1n) is 5.19. The van der Waals surface area contributed by atoms with Crippen molar-refractivity contribution in [2.75, 3.05) is 0 Å². The van der Waals surface area contributed by atoms with E-state index in [9.17, 15) is 5.11 Å². The highest BCUT2D eigenvalue weighted by atomic mass is 35.5. The van der Waals surface area contributed by atoms with Crippen LogP contribution in [0.1, 0.15) is 11.3 Å². The van der Waals surface area contributed by atoms with Crippen LogP contribution >= 0.6 is 11.6 Å². The molecule has 0 spiro atoms. The van der Waals surface area contributed by atoms with Crippen molar-refractivity contribution in [1.82, 2.24) is 0 Å². The Morgan fingerprint density at radius 1 is 1.12 bits per heavy atom. The fourth-order valence-corrected chi connectivity index (χ4v) is 1.75. The lowest BCUT2D eigenvalue weighted by Gasteiger charge is -2.08. The molecule has 3 heteroatoms. The fourth-order valence-electron chi connectivity index (χ4n) is 1.63. The zero-order chi connectivity index (χ0) is 11.4. The van der Waals surface area contributed by atoms with Crippen molar-refractivity contribution < 1.29 is 9.52 Å². The van der Waals surface area contributed by atoms with Crippen molar-refractivity contribution in [3.05, 3.63) is 59.0 Å². The van der Waals surface area contributed by atoms with Crippen LogP contribution in [-0.2, 0) is 12.8 Å². The second-order valence-electron chi connectivity index (χ2n) is 3.77. The molecule has 1 aromatic heterocycles. The molecule has 0 saturated carbocycles. The maximum Gasteiger partial charge on any atom is 0.106 e. The maximum atomic E-state index is 9.85. The normalized spacial score (nSPS) is 12.6. The van der Waals surface area contributed by atoms with Gasteiger partial charge in [-0.05, 0) is 36.2 Å². The third-order valence-electron chi connectivity index (χ3n) is 2.40. The number of hydrogen-bond donors (Lipinski definition) is 1. The van der Waals surface area contributed by atoms with E-state index in [1.54, 1.807) is 6.26 Å². The van der Waals surface area contributed by atoms with Gasteiger partial charge in [-0.2, -0.15) is 0 Å². The number of aliphatic hydroxyl groups is 1. The first kappa shape index (κ1) is 11.2. The molecule has 84 valence electrons. The smallest absolute Gasteiger partial charge is 0.106 e. The minimum atomic E-state index is -0.424. The number of hydrogen-bond acceptors (Lipinski definition) is 2. The Morgan fingerprint density at radius 3 is 2.50 bits per heavy atom. The van der Waals surface area contributed by atoms with Gasteiger partial charge in [0.25, 0.3) is 0 Å². The second kappa shape index (κ2) is 5.19. The van der Waals surface area contributed by atoms with Gasteiger partial charge >= 0.3 is 0 Å². The van der Waals surface area contributed by atoms with Crippen LogP contribution in [0.4, 0.5) is 0 Å². The molecule has 1 N–H and O–H groups in total. The van der Waals surface area contributed by atoms with Gasteiger partial charge in [0.1, 0.15) is 5.76 Å². The van der Waals surface area contributed by atoms with E-state index < -0.39 is 6.10 Å². The van der Waals surface area contributed by atoms with Gasteiger partial charge in [-0.1, -0.05) is 23.7 Å². The Hall–Kier alpha value is -1.25. The molecule has 1 aromatic carbocycles. The number of benzene rings is 1. The molecular weight excluding hydrogens is 224 g/mol. The number of rotatable bonds is 4. The first-order chi connectivity index (χ1) is 7.74. The van der Waals surface area contributed by atoms with Crippen LogP contribution in [0.2, 0.25) is 5.02 Å². The topological polar surface area (TPSA) is 33.4 Å². The van der Waals surface area contributed by atoms with Crippen LogP contribution in [0.25, 0.3) is 0 Å². The lowest BCUT2D eigenvalue weighted by Crippen LogP contribution is -2.13. The molecule has 2 rings (SSSR count). The first-order valence-corrected chi connectivity index (χ1v) is 5.57. The summed E-state index contributed by atoms with van der Waals surface area (Å²) in [5.74, 6) is 0.807. The van der Waals surface area contributed by atoms with E-state index in [4.69, 9.17) is 16.0 Å². The van der Waals surface area contributed by atoms with Crippen LogP contribution in [-0.4, -0.2) is 11.2 Å². The molecule has 0 radical (unpaired) electrons. The molecule has 2 nitrogen and oxygen atoms in total. The van der Waals surface area contributed by atoms with Gasteiger partial charge in [-0.25, -0.2) is 0 Å². The summed E-state index contributed by atoms with van der Waals surface area (Å²) in [5.41, 5.74) is 1.07. The van der Waals surface area contributed by atoms with Crippen molar-refractivity contribution in [2.24, 2.45) is 0 Å². The Bertz CT molecular complexity index is 420. The quantitative estimate of drug-likeness (QED) is 0.885. The molecule has 0 aliphatic rings. The molecule has 0 bridgehead atoms. The van der Waals surface area contributed by atoms with Crippen LogP contribution in [0.15, 0.2) is 47.1 Å². The van der Waals surface area contributed by atoms with Crippen molar-refractivity contribution in [3.63, 3.8) is 0 Å². The zero-order valence-electron chi connectivity index (χ0n) is 8.77. The summed E-state index contributed by atoms with van der Waals surface area (Å²) in [4.78, 5) is 0. The van der Waals surface area contributed by atoms with Crippen LogP contribution in [0.3, 0.4) is 0 Å². The summed E-state index contributed by atoms with van der Waals surface area (Å²) < 4.78 is 5.18. The lowest BCUT2D eigenvalue weighted by atomic mass is 10.0. The maximum absolute atomic E-state index is 9.85. The summed E-state index contributed by atoms with van der Waals surface area (Å²) in [5, 5.41) is 10.6. The van der Waals surface area contributed by atoms with Crippen LogP contribution in [0.5, 0.6) is 0 Å². The van der Waals surface area contributed by atoms with Gasteiger partial charge in [0.15, 0.2) is 0 Å². The summed E-state index contributed by atoms with van der Waals surface area (Å²) >= 11 is 5.79. The molecule has 0 saturated heterocycles. The summed E-state index contributed by atoms with van der Waals surface area (Å²) in [6.07, 6.45) is 2.34. The van der Waals surface area contributed by atoms with Gasteiger partial charge < -0.3 is 9.52 Å². The third kappa shape index (κ3) is 3.12. The molecule has 2 aromatic rings. The van der Waals surface area contributed by atoms with Gasteiger partial charge in [-0.3, -0.25) is 0 Å². The second-order valence-corrected chi connectivity index (χ2v) is 4.20. The predicted molar refractivity (Wildman–Crippen MR) is 63.6 cm³/mol. The van der Waals surface area contributed by atoms with Crippen molar-refractivity contribution in [2.45, 2.75) is 18.9 Å². The zero-order valence-corrected chi connectivity index (χ0v) is 9.52. The highest BCUT2D eigenvalue weighted by Gasteiger charge is 2.08. The number of halogens is 1. The minimum absolute atomic E-state index is 0.424. The summed E-state index contributed by atoms with van der Waals surface area (Å²) in [6, 6.07) is 11.2. The van der Waals surface area contributed by atoms with Gasteiger partial charge in [-0.15, -0.1) is 0 Å². The molecular formula is C13H13ClO2. The minimum Gasteiger partial charge on any atom is -0.469 e. The molecule has 1 unspecified atom stereocenters. The summed E-state index contributed by atoms with van der Waals surface area (Å²) in [7, 11) is 0.